The van der Waals surface area contributed by atoms with Gasteiger partial charge in [-0.1, -0.05) is 0 Å². The highest BCUT2D eigenvalue weighted by Gasteiger charge is 2.28. The molecule has 1 aromatic heterocycles. The molecule has 2 fully saturated rings. The fourth-order valence-corrected chi connectivity index (χ4v) is 4.94. The van der Waals surface area contributed by atoms with Crippen molar-refractivity contribution in [2.75, 3.05) is 36.0 Å². The van der Waals surface area contributed by atoms with Gasteiger partial charge >= 0.3 is 0 Å². The Morgan fingerprint density at radius 3 is 2.88 bits per heavy atom. The molecule has 2 aliphatic heterocycles. The second-order valence-electron chi connectivity index (χ2n) is 6.66. The highest BCUT2D eigenvalue weighted by Crippen LogP contribution is 2.18. The second kappa shape index (κ2) is 8.03. The van der Waals surface area contributed by atoms with Crippen LogP contribution < -0.4 is 15.5 Å². The molecule has 7 nitrogen and oxygen atoms in total. The van der Waals surface area contributed by atoms with Gasteiger partial charge in [0.2, 0.25) is 0 Å². The number of pyridine rings is 1. The summed E-state index contributed by atoms with van der Waals surface area (Å²) in [5, 5.41) is 6.44. The first kappa shape index (κ1) is 18.0. The molecular formula is C17H27N5O2S. The molecule has 8 heteroatoms. The van der Waals surface area contributed by atoms with Crippen LogP contribution in [-0.2, 0) is 16.4 Å². The molecule has 0 aromatic carbocycles. The highest BCUT2D eigenvalue weighted by molar-refractivity contribution is 7.91. The topological polar surface area (TPSA) is 86.7 Å². The molecule has 0 aliphatic carbocycles. The van der Waals surface area contributed by atoms with Gasteiger partial charge in [0.15, 0.2) is 15.8 Å². The number of guanidine groups is 1. The Labute approximate surface area is 149 Å². The molecule has 1 atom stereocenters. The number of aliphatic imine (C=N–C) groups is 1. The van der Waals surface area contributed by atoms with Crippen LogP contribution in [0.3, 0.4) is 0 Å². The first-order chi connectivity index (χ1) is 12.1. The lowest BCUT2D eigenvalue weighted by molar-refractivity contribution is 0.599. The Bertz CT molecular complexity index is 714. The van der Waals surface area contributed by atoms with Gasteiger partial charge in [-0.05, 0) is 43.9 Å². The van der Waals surface area contributed by atoms with E-state index in [2.05, 4.69) is 31.6 Å². The van der Waals surface area contributed by atoms with Crippen molar-refractivity contribution < 1.29 is 8.42 Å². The molecule has 3 heterocycles. The van der Waals surface area contributed by atoms with Gasteiger partial charge in [0.25, 0.3) is 0 Å². The van der Waals surface area contributed by atoms with E-state index in [1.165, 1.54) is 12.8 Å². The maximum atomic E-state index is 11.6. The third kappa shape index (κ3) is 5.07. The van der Waals surface area contributed by atoms with Crippen molar-refractivity contribution in [2.24, 2.45) is 4.99 Å². The van der Waals surface area contributed by atoms with Crippen molar-refractivity contribution in [3.63, 3.8) is 0 Å². The molecule has 0 saturated carbocycles. The van der Waals surface area contributed by atoms with Crippen LogP contribution >= 0.6 is 0 Å². The van der Waals surface area contributed by atoms with Crippen molar-refractivity contribution in [1.29, 1.82) is 0 Å². The Balaban J connectivity index is 1.64. The van der Waals surface area contributed by atoms with Gasteiger partial charge in [-0.25, -0.2) is 18.4 Å². The Hall–Kier alpha value is -1.83. The predicted octanol–water partition coefficient (Wildman–Crippen LogP) is 0.924. The van der Waals surface area contributed by atoms with Crippen LogP contribution in [0.15, 0.2) is 23.3 Å². The number of hydrogen-bond acceptors (Lipinski definition) is 5. The van der Waals surface area contributed by atoms with E-state index in [4.69, 9.17) is 0 Å². The molecule has 0 bridgehead atoms. The number of aromatic nitrogens is 1. The lowest BCUT2D eigenvalue weighted by Gasteiger charge is -2.17. The maximum Gasteiger partial charge on any atom is 0.191 e. The predicted molar refractivity (Wildman–Crippen MR) is 101 cm³/mol. The molecule has 3 rings (SSSR count). The summed E-state index contributed by atoms with van der Waals surface area (Å²) in [6.07, 6.45) is 4.93. The molecule has 0 spiro atoms. The van der Waals surface area contributed by atoms with E-state index in [0.29, 0.717) is 18.9 Å². The van der Waals surface area contributed by atoms with Gasteiger partial charge < -0.3 is 15.5 Å². The maximum absolute atomic E-state index is 11.6. The Morgan fingerprint density at radius 2 is 2.20 bits per heavy atom. The summed E-state index contributed by atoms with van der Waals surface area (Å²) in [4.78, 5) is 11.4. The van der Waals surface area contributed by atoms with Gasteiger partial charge in [0.05, 0.1) is 18.1 Å². The first-order valence-electron chi connectivity index (χ1n) is 9.01. The number of sulfone groups is 1. The summed E-state index contributed by atoms with van der Waals surface area (Å²) in [6.45, 7) is 5.42. The third-order valence-corrected chi connectivity index (χ3v) is 6.35. The molecule has 1 aromatic rings. The zero-order chi connectivity index (χ0) is 17.7. The molecule has 2 aliphatic rings. The Kier molecular flexibility index (Phi) is 5.78. The number of hydrogen-bond donors (Lipinski definition) is 2. The van der Waals surface area contributed by atoms with Crippen molar-refractivity contribution >= 4 is 21.6 Å². The lowest BCUT2D eigenvalue weighted by atomic mass is 10.2. The summed E-state index contributed by atoms with van der Waals surface area (Å²) in [5.41, 5.74) is 1.10. The summed E-state index contributed by atoms with van der Waals surface area (Å²) >= 11 is 0. The molecule has 25 heavy (non-hydrogen) atoms. The van der Waals surface area contributed by atoms with E-state index < -0.39 is 9.84 Å². The molecule has 0 amide bonds. The lowest BCUT2D eigenvalue weighted by Crippen LogP contribution is -2.44. The smallest absolute Gasteiger partial charge is 0.191 e. The summed E-state index contributed by atoms with van der Waals surface area (Å²) < 4.78 is 23.2. The van der Waals surface area contributed by atoms with Crippen molar-refractivity contribution in [1.82, 2.24) is 15.6 Å². The quantitative estimate of drug-likeness (QED) is 0.596. The highest BCUT2D eigenvalue weighted by atomic mass is 32.2. The van der Waals surface area contributed by atoms with Gasteiger partial charge in [-0.15, -0.1) is 0 Å². The van der Waals surface area contributed by atoms with Crippen molar-refractivity contribution in [2.45, 2.75) is 38.8 Å². The summed E-state index contributed by atoms with van der Waals surface area (Å²) in [7, 11) is -2.90. The first-order valence-corrected chi connectivity index (χ1v) is 10.8. The number of rotatable bonds is 5. The zero-order valence-corrected chi connectivity index (χ0v) is 15.6. The van der Waals surface area contributed by atoms with Crippen molar-refractivity contribution in [3.8, 4) is 0 Å². The van der Waals surface area contributed by atoms with Crippen LogP contribution in [0.4, 0.5) is 5.82 Å². The summed E-state index contributed by atoms with van der Waals surface area (Å²) in [5.74, 6) is 2.13. The SMILES string of the molecule is CCNC(=NCc1ccnc(N2CCCC2)c1)NC1CCS(=O)(=O)C1. The molecule has 1 unspecified atom stereocenters. The molecule has 0 radical (unpaired) electrons. The van der Waals surface area contributed by atoms with Crippen LogP contribution in [0.25, 0.3) is 0 Å². The fraction of sp³-hybridized carbons (Fsp3) is 0.647. The van der Waals surface area contributed by atoms with Crippen molar-refractivity contribution in [3.05, 3.63) is 23.9 Å². The zero-order valence-electron chi connectivity index (χ0n) is 14.7. The van der Waals surface area contributed by atoms with E-state index in [0.717, 1.165) is 31.0 Å². The largest absolute Gasteiger partial charge is 0.357 e. The van der Waals surface area contributed by atoms with Crippen LogP contribution in [0.5, 0.6) is 0 Å². The minimum absolute atomic E-state index is 0.0552. The molecular weight excluding hydrogens is 338 g/mol. The van der Waals surface area contributed by atoms with Gasteiger partial charge in [0, 0.05) is 31.9 Å². The number of nitrogens with zero attached hydrogens (tertiary/aromatic N) is 3. The monoisotopic (exact) mass is 365 g/mol. The third-order valence-electron chi connectivity index (χ3n) is 4.58. The van der Waals surface area contributed by atoms with Crippen LogP contribution in [0.1, 0.15) is 31.7 Å². The number of anilines is 1. The van der Waals surface area contributed by atoms with Gasteiger partial charge in [0.1, 0.15) is 5.82 Å². The van der Waals surface area contributed by atoms with Gasteiger partial charge in [-0.2, -0.15) is 0 Å². The minimum Gasteiger partial charge on any atom is -0.357 e. The molecule has 2 saturated heterocycles. The van der Waals surface area contributed by atoms with E-state index in [1.807, 2.05) is 19.2 Å². The van der Waals surface area contributed by atoms with E-state index in [1.54, 1.807) is 0 Å². The number of nitrogens with one attached hydrogen (secondary N) is 2. The molecule has 2 N–H and O–H groups in total. The Morgan fingerprint density at radius 1 is 1.40 bits per heavy atom. The standard InChI is InChI=1S/C17H27N5O2S/c1-2-18-17(21-15-6-10-25(23,24)13-15)20-12-14-5-7-19-16(11-14)22-8-3-4-9-22/h5,7,11,15H,2-4,6,8-10,12-13H2,1H3,(H2,18,20,21). The van der Waals surface area contributed by atoms with Crippen LogP contribution in [0, 0.1) is 0 Å². The average molecular weight is 366 g/mol. The fourth-order valence-electron chi connectivity index (χ4n) is 3.27. The second-order valence-corrected chi connectivity index (χ2v) is 8.88. The van der Waals surface area contributed by atoms with E-state index in [-0.39, 0.29) is 17.5 Å². The normalized spacial score (nSPS) is 23.0. The van der Waals surface area contributed by atoms with E-state index in [9.17, 15) is 8.42 Å². The average Bonchev–Trinajstić information content (AvgIpc) is 3.23. The van der Waals surface area contributed by atoms with Crippen LogP contribution in [0.2, 0.25) is 0 Å². The van der Waals surface area contributed by atoms with Crippen LogP contribution in [-0.4, -0.2) is 56.5 Å². The summed E-state index contributed by atoms with van der Waals surface area (Å²) in [6, 6.07) is 4.02. The van der Waals surface area contributed by atoms with Gasteiger partial charge in [-0.3, -0.25) is 0 Å². The van der Waals surface area contributed by atoms with E-state index >= 15 is 0 Å². The molecule has 138 valence electrons. The minimum atomic E-state index is -2.90.